The molecular weight excluding hydrogens is 308 g/mol. The van der Waals surface area contributed by atoms with Crippen LogP contribution >= 0.6 is 0 Å². The van der Waals surface area contributed by atoms with E-state index in [1.54, 1.807) is 6.07 Å². The summed E-state index contributed by atoms with van der Waals surface area (Å²) in [6.45, 7) is -0.345. The third-order valence-corrected chi connectivity index (χ3v) is 4.17. The Labute approximate surface area is 139 Å². The van der Waals surface area contributed by atoms with Crippen LogP contribution in [0.3, 0.4) is 0 Å². The molecule has 1 aromatic heterocycles. The van der Waals surface area contributed by atoms with Crippen LogP contribution in [0.2, 0.25) is 0 Å². The molecule has 0 amide bonds. The lowest BCUT2D eigenvalue weighted by atomic mass is 9.90. The zero-order valence-corrected chi connectivity index (χ0v) is 13.4. The van der Waals surface area contributed by atoms with Crippen LogP contribution < -0.4 is 5.56 Å². The van der Waals surface area contributed by atoms with E-state index in [1.165, 1.54) is 36.7 Å². The highest BCUT2D eigenvalue weighted by Crippen LogP contribution is 2.22. The van der Waals surface area contributed by atoms with Crippen molar-refractivity contribution in [1.82, 2.24) is 9.78 Å². The minimum Gasteiger partial charge on any atom is -0.453 e. The lowest BCUT2D eigenvalue weighted by molar-refractivity contribution is 0.0466. The second-order valence-electron chi connectivity index (χ2n) is 5.87. The molecule has 6 heteroatoms. The van der Waals surface area contributed by atoms with Crippen LogP contribution in [-0.2, 0) is 24.6 Å². The second-order valence-corrected chi connectivity index (χ2v) is 5.87. The number of carbonyl (C=O) groups excluding carboxylic acids is 2. The minimum absolute atomic E-state index is 0.00431. The van der Waals surface area contributed by atoms with Gasteiger partial charge in [0, 0.05) is 18.7 Å². The van der Waals surface area contributed by atoms with Crippen molar-refractivity contribution in [2.24, 2.45) is 7.05 Å². The van der Waals surface area contributed by atoms with Crippen LogP contribution in [0.5, 0.6) is 0 Å². The lowest BCUT2D eigenvalue weighted by Gasteiger charge is -2.16. The molecule has 0 unspecified atom stereocenters. The monoisotopic (exact) mass is 326 g/mol. The van der Waals surface area contributed by atoms with Gasteiger partial charge < -0.3 is 4.74 Å². The number of aromatic nitrogens is 2. The molecule has 0 radical (unpaired) electrons. The highest BCUT2D eigenvalue weighted by molar-refractivity contribution is 5.99. The minimum atomic E-state index is -0.725. The summed E-state index contributed by atoms with van der Waals surface area (Å²) in [5.41, 5.74) is 2.73. The van der Waals surface area contributed by atoms with E-state index in [-0.39, 0.29) is 23.6 Å². The fraction of sp³-hybridized carbons (Fsp3) is 0.333. The molecule has 0 aliphatic heterocycles. The standard InChI is InChI=1S/C18H18N2O4/c1-20-17(22)9-8-15(19-20)18(23)24-11-16(21)14-7-6-12-4-2-3-5-13(12)10-14/h6-10H,2-5,11H2,1H3. The molecule has 0 fully saturated rings. The van der Waals surface area contributed by atoms with E-state index in [0.717, 1.165) is 23.9 Å². The number of rotatable bonds is 4. The van der Waals surface area contributed by atoms with Crippen molar-refractivity contribution in [3.8, 4) is 0 Å². The van der Waals surface area contributed by atoms with Gasteiger partial charge >= 0.3 is 5.97 Å². The van der Waals surface area contributed by atoms with E-state index in [1.807, 2.05) is 12.1 Å². The van der Waals surface area contributed by atoms with Gasteiger partial charge in [-0.3, -0.25) is 9.59 Å². The first kappa shape index (κ1) is 16.1. The maximum Gasteiger partial charge on any atom is 0.359 e. The summed E-state index contributed by atoms with van der Waals surface area (Å²) in [6, 6.07) is 8.18. The van der Waals surface area contributed by atoms with Crippen molar-refractivity contribution in [2.45, 2.75) is 25.7 Å². The Balaban J connectivity index is 1.65. The quantitative estimate of drug-likeness (QED) is 0.631. The van der Waals surface area contributed by atoms with E-state index < -0.39 is 5.97 Å². The molecule has 1 heterocycles. The van der Waals surface area contributed by atoms with Crippen LogP contribution in [0, 0.1) is 0 Å². The molecule has 0 saturated heterocycles. The number of ether oxygens (including phenoxy) is 1. The van der Waals surface area contributed by atoms with E-state index >= 15 is 0 Å². The lowest BCUT2D eigenvalue weighted by Crippen LogP contribution is -2.23. The molecular formula is C18H18N2O4. The van der Waals surface area contributed by atoms with Crippen LogP contribution in [0.15, 0.2) is 35.1 Å². The maximum atomic E-state index is 12.2. The second kappa shape index (κ2) is 6.78. The molecule has 6 nitrogen and oxygen atoms in total. The summed E-state index contributed by atoms with van der Waals surface area (Å²) in [7, 11) is 1.44. The molecule has 0 spiro atoms. The predicted molar refractivity (Wildman–Crippen MR) is 87.2 cm³/mol. The van der Waals surface area contributed by atoms with Crippen LogP contribution in [0.1, 0.15) is 44.8 Å². The number of Topliss-reactive ketones (excluding diaryl/α,β-unsaturated/α-hetero) is 1. The molecule has 0 bridgehead atoms. The fourth-order valence-electron chi connectivity index (χ4n) is 2.81. The molecule has 1 aliphatic rings. The summed E-state index contributed by atoms with van der Waals surface area (Å²) < 4.78 is 6.06. The molecule has 2 aromatic rings. The maximum absolute atomic E-state index is 12.2. The average molecular weight is 326 g/mol. The highest BCUT2D eigenvalue weighted by atomic mass is 16.5. The van der Waals surface area contributed by atoms with Crippen molar-refractivity contribution < 1.29 is 14.3 Å². The Bertz CT molecular complexity index is 854. The Hall–Kier alpha value is -2.76. The first-order chi connectivity index (χ1) is 11.5. The van der Waals surface area contributed by atoms with Crippen LogP contribution in [0.4, 0.5) is 0 Å². The summed E-state index contributed by atoms with van der Waals surface area (Å²) in [5, 5.41) is 3.80. The summed E-state index contributed by atoms with van der Waals surface area (Å²) in [4.78, 5) is 35.4. The fourth-order valence-corrected chi connectivity index (χ4v) is 2.81. The number of fused-ring (bicyclic) bond motifs is 1. The SMILES string of the molecule is Cn1nc(C(=O)OCC(=O)c2ccc3c(c2)CCCC3)ccc1=O. The molecule has 124 valence electrons. The Morgan fingerprint density at radius 2 is 1.88 bits per heavy atom. The zero-order valence-electron chi connectivity index (χ0n) is 13.4. The van der Waals surface area contributed by atoms with E-state index in [9.17, 15) is 14.4 Å². The van der Waals surface area contributed by atoms with Gasteiger partial charge in [0.05, 0.1) is 0 Å². The van der Waals surface area contributed by atoms with Crippen molar-refractivity contribution in [1.29, 1.82) is 0 Å². The molecule has 0 saturated carbocycles. The highest BCUT2D eigenvalue weighted by Gasteiger charge is 2.16. The number of carbonyl (C=O) groups is 2. The van der Waals surface area contributed by atoms with E-state index in [0.29, 0.717) is 5.56 Å². The van der Waals surface area contributed by atoms with Gasteiger partial charge in [0.25, 0.3) is 5.56 Å². The first-order valence-corrected chi connectivity index (χ1v) is 7.91. The summed E-state index contributed by atoms with van der Waals surface area (Å²) in [5.74, 6) is -0.974. The summed E-state index contributed by atoms with van der Waals surface area (Å²) in [6.07, 6.45) is 4.36. The first-order valence-electron chi connectivity index (χ1n) is 7.91. The molecule has 24 heavy (non-hydrogen) atoms. The van der Waals surface area contributed by atoms with Crippen molar-refractivity contribution in [2.75, 3.05) is 6.61 Å². The van der Waals surface area contributed by atoms with Gasteiger partial charge in [-0.1, -0.05) is 12.1 Å². The van der Waals surface area contributed by atoms with Gasteiger partial charge in [-0.25, -0.2) is 9.48 Å². The number of ketones is 1. The van der Waals surface area contributed by atoms with Crippen molar-refractivity contribution in [3.63, 3.8) is 0 Å². The molecule has 1 aliphatic carbocycles. The van der Waals surface area contributed by atoms with Crippen LogP contribution in [0.25, 0.3) is 0 Å². The average Bonchev–Trinajstić information content (AvgIpc) is 2.61. The van der Waals surface area contributed by atoms with E-state index in [4.69, 9.17) is 4.74 Å². The number of nitrogens with zero attached hydrogens (tertiary/aromatic N) is 2. The number of benzene rings is 1. The van der Waals surface area contributed by atoms with Gasteiger partial charge in [-0.2, -0.15) is 5.10 Å². The molecule has 0 N–H and O–H groups in total. The topological polar surface area (TPSA) is 78.3 Å². The molecule has 1 aromatic carbocycles. The van der Waals surface area contributed by atoms with E-state index in [2.05, 4.69) is 5.10 Å². The largest absolute Gasteiger partial charge is 0.453 e. The predicted octanol–water partition coefficient (Wildman–Crippen LogP) is 1.70. The number of hydrogen-bond donors (Lipinski definition) is 0. The third kappa shape index (κ3) is 3.42. The molecule has 0 atom stereocenters. The Morgan fingerprint density at radius 3 is 2.62 bits per heavy atom. The third-order valence-electron chi connectivity index (χ3n) is 4.17. The zero-order chi connectivity index (χ0) is 17.1. The van der Waals surface area contributed by atoms with Gasteiger partial charge in [-0.15, -0.1) is 0 Å². The van der Waals surface area contributed by atoms with Gasteiger partial charge in [0.2, 0.25) is 0 Å². The number of esters is 1. The smallest absolute Gasteiger partial charge is 0.359 e. The normalized spacial score (nSPS) is 13.2. The van der Waals surface area contributed by atoms with Crippen molar-refractivity contribution >= 4 is 11.8 Å². The van der Waals surface area contributed by atoms with Gasteiger partial charge in [0.15, 0.2) is 18.1 Å². The Morgan fingerprint density at radius 1 is 1.12 bits per heavy atom. The number of aryl methyl sites for hydroxylation is 3. The Kier molecular flexibility index (Phi) is 4.55. The van der Waals surface area contributed by atoms with Crippen molar-refractivity contribution in [3.05, 3.63) is 63.1 Å². The van der Waals surface area contributed by atoms with Gasteiger partial charge in [0.1, 0.15) is 0 Å². The summed E-state index contributed by atoms with van der Waals surface area (Å²) >= 11 is 0. The van der Waals surface area contributed by atoms with Crippen LogP contribution in [-0.4, -0.2) is 28.1 Å². The number of hydrogen-bond acceptors (Lipinski definition) is 5. The molecule has 3 rings (SSSR count). The van der Waals surface area contributed by atoms with Gasteiger partial charge in [-0.05, 0) is 48.9 Å².